The van der Waals surface area contributed by atoms with Gasteiger partial charge in [0, 0.05) is 30.5 Å². The van der Waals surface area contributed by atoms with Crippen molar-refractivity contribution in [2.75, 3.05) is 18.4 Å². The molecule has 1 aliphatic rings. The number of amides is 2. The summed E-state index contributed by atoms with van der Waals surface area (Å²) in [7, 11) is 0. The lowest BCUT2D eigenvalue weighted by atomic mass is 9.85. The minimum Gasteiger partial charge on any atom is -0.444 e. The van der Waals surface area contributed by atoms with Crippen LogP contribution in [0.3, 0.4) is 0 Å². The molecule has 1 atom stereocenters. The molecule has 12 heteroatoms. The number of piperidine rings is 1. The predicted molar refractivity (Wildman–Crippen MR) is 163 cm³/mol. The van der Waals surface area contributed by atoms with Gasteiger partial charge in [-0.3, -0.25) is 15.1 Å². The molecule has 12 nitrogen and oxygen atoms in total. The van der Waals surface area contributed by atoms with E-state index in [0.717, 1.165) is 18.4 Å². The van der Waals surface area contributed by atoms with Gasteiger partial charge in [0.05, 0.1) is 0 Å². The van der Waals surface area contributed by atoms with Crippen LogP contribution < -0.4 is 5.32 Å². The second-order valence-corrected chi connectivity index (χ2v) is 11.9. The molecule has 3 aromatic heterocycles. The molecular weight excluding hydrogens is 560 g/mol. The number of ether oxygens (including phenoxy) is 1. The van der Waals surface area contributed by atoms with Gasteiger partial charge in [-0.15, -0.1) is 10.2 Å². The van der Waals surface area contributed by atoms with Gasteiger partial charge >= 0.3 is 6.09 Å². The minimum absolute atomic E-state index is 0.0601. The summed E-state index contributed by atoms with van der Waals surface area (Å²) in [5, 5.41) is 15.6. The first-order valence-corrected chi connectivity index (χ1v) is 14.6. The number of tetrazole rings is 1. The lowest BCUT2D eigenvalue weighted by Crippen LogP contribution is -2.41. The highest BCUT2D eigenvalue weighted by atomic mass is 16.6. The summed E-state index contributed by atoms with van der Waals surface area (Å²) in [6, 6.07) is 18.7. The number of aryl methyl sites for hydroxylation is 1. The van der Waals surface area contributed by atoms with Crippen LogP contribution in [0.15, 0.2) is 71.3 Å². The number of pyridine rings is 1. The fourth-order valence-corrected chi connectivity index (χ4v) is 5.47. The molecule has 0 bridgehead atoms. The lowest BCUT2D eigenvalue weighted by Gasteiger charge is -2.35. The first-order valence-electron chi connectivity index (χ1n) is 14.6. The summed E-state index contributed by atoms with van der Waals surface area (Å²) in [5.74, 6) is 1.08. The van der Waals surface area contributed by atoms with Crippen molar-refractivity contribution in [1.82, 2.24) is 35.1 Å². The van der Waals surface area contributed by atoms with Gasteiger partial charge in [0.2, 0.25) is 5.89 Å². The van der Waals surface area contributed by atoms with Gasteiger partial charge in [0.25, 0.3) is 5.91 Å². The summed E-state index contributed by atoms with van der Waals surface area (Å²) < 4.78 is 11.3. The van der Waals surface area contributed by atoms with E-state index in [1.807, 2.05) is 30.0 Å². The molecule has 1 aliphatic heterocycles. The van der Waals surface area contributed by atoms with Crippen LogP contribution in [0, 0.1) is 12.8 Å². The Balaban J connectivity index is 1.15. The number of hydrogen-bond donors (Lipinski definition) is 1. The van der Waals surface area contributed by atoms with Crippen LogP contribution >= 0.6 is 0 Å². The van der Waals surface area contributed by atoms with Crippen molar-refractivity contribution in [1.29, 1.82) is 0 Å². The molecule has 1 fully saturated rings. The first kappa shape index (κ1) is 29.0. The SMILES string of the molecule is Cc1nnn(C(c2ccccc2)C2CCN(C(=O)c3cc(-c4nc5cc(NC(=O)OC(C)(C)C)ccc5o4)ccn3)CC2)n1. The van der Waals surface area contributed by atoms with Gasteiger partial charge < -0.3 is 14.1 Å². The van der Waals surface area contributed by atoms with Crippen molar-refractivity contribution in [2.24, 2.45) is 5.92 Å². The van der Waals surface area contributed by atoms with E-state index >= 15 is 0 Å². The molecule has 5 aromatic rings. The number of anilines is 1. The van der Waals surface area contributed by atoms with Crippen LogP contribution in [0.1, 0.15) is 61.5 Å². The number of likely N-dealkylation sites (tertiary alicyclic amines) is 1. The fourth-order valence-electron chi connectivity index (χ4n) is 5.47. The van der Waals surface area contributed by atoms with Crippen LogP contribution in [0.5, 0.6) is 0 Å². The molecule has 0 spiro atoms. The molecule has 1 saturated heterocycles. The van der Waals surface area contributed by atoms with E-state index in [1.54, 1.807) is 62.1 Å². The normalized spacial score (nSPS) is 14.9. The number of aromatic nitrogens is 6. The van der Waals surface area contributed by atoms with Crippen LogP contribution in [0.25, 0.3) is 22.6 Å². The quantitative estimate of drug-likeness (QED) is 0.263. The van der Waals surface area contributed by atoms with E-state index in [4.69, 9.17) is 9.15 Å². The third-order valence-corrected chi connectivity index (χ3v) is 7.45. The number of nitrogens with one attached hydrogen (secondary N) is 1. The average molecular weight is 595 g/mol. The third-order valence-electron chi connectivity index (χ3n) is 7.45. The van der Waals surface area contributed by atoms with Gasteiger partial charge in [-0.1, -0.05) is 30.3 Å². The predicted octanol–water partition coefficient (Wildman–Crippen LogP) is 5.67. The Labute approximate surface area is 254 Å². The third kappa shape index (κ3) is 6.43. The average Bonchev–Trinajstić information content (AvgIpc) is 3.63. The summed E-state index contributed by atoms with van der Waals surface area (Å²) >= 11 is 0. The number of benzene rings is 2. The summed E-state index contributed by atoms with van der Waals surface area (Å²) in [4.78, 5) is 38.2. The van der Waals surface area contributed by atoms with Crippen molar-refractivity contribution in [2.45, 2.75) is 52.2 Å². The molecule has 2 amide bonds. The standard InChI is InChI=1S/C32H34N8O4/c1-20-36-38-40(37-20)28(21-8-6-5-7-9-21)22-13-16-39(17-14-22)30(41)26-18-23(12-15-33-26)29-35-25-19-24(10-11-27(25)43-29)34-31(42)44-32(2,3)4/h5-12,15,18-19,22,28H,13-14,16-17H2,1-4H3,(H,34,42). The molecular formula is C32H34N8O4. The summed E-state index contributed by atoms with van der Waals surface area (Å²) in [6.45, 7) is 8.41. The maximum Gasteiger partial charge on any atom is 0.412 e. The maximum atomic E-state index is 13.5. The molecule has 2 aromatic carbocycles. The number of fused-ring (bicyclic) bond motifs is 1. The Bertz CT molecular complexity index is 1780. The van der Waals surface area contributed by atoms with Crippen LogP contribution in [0.2, 0.25) is 0 Å². The van der Waals surface area contributed by atoms with Crippen molar-refractivity contribution in [3.63, 3.8) is 0 Å². The number of oxazole rings is 1. The Morgan fingerprint density at radius 3 is 2.52 bits per heavy atom. The number of hydrogen-bond acceptors (Lipinski definition) is 9. The van der Waals surface area contributed by atoms with E-state index < -0.39 is 11.7 Å². The van der Waals surface area contributed by atoms with Crippen molar-refractivity contribution in [3.8, 4) is 11.5 Å². The van der Waals surface area contributed by atoms with E-state index in [2.05, 4.69) is 42.8 Å². The monoisotopic (exact) mass is 594 g/mol. The highest BCUT2D eigenvalue weighted by Gasteiger charge is 2.33. The Morgan fingerprint density at radius 1 is 1.05 bits per heavy atom. The molecule has 6 rings (SSSR count). The highest BCUT2D eigenvalue weighted by Crippen LogP contribution is 2.34. The topological polar surface area (TPSA) is 141 Å². The van der Waals surface area contributed by atoms with Gasteiger partial charge in [0.15, 0.2) is 11.4 Å². The van der Waals surface area contributed by atoms with Crippen LogP contribution in [-0.2, 0) is 4.74 Å². The van der Waals surface area contributed by atoms with Crippen molar-refractivity contribution >= 4 is 28.8 Å². The van der Waals surface area contributed by atoms with Gasteiger partial charge in [-0.25, -0.2) is 9.78 Å². The molecule has 44 heavy (non-hydrogen) atoms. The van der Waals surface area contributed by atoms with Crippen molar-refractivity contribution < 1.29 is 18.7 Å². The lowest BCUT2D eigenvalue weighted by molar-refractivity contribution is 0.0632. The highest BCUT2D eigenvalue weighted by molar-refractivity contribution is 5.93. The molecule has 0 radical (unpaired) electrons. The zero-order valence-corrected chi connectivity index (χ0v) is 25.1. The zero-order chi connectivity index (χ0) is 30.8. The van der Waals surface area contributed by atoms with E-state index in [1.165, 1.54) is 0 Å². The summed E-state index contributed by atoms with van der Waals surface area (Å²) in [5.41, 5.74) is 3.11. The zero-order valence-electron chi connectivity index (χ0n) is 25.1. The van der Waals surface area contributed by atoms with E-state index in [0.29, 0.717) is 52.8 Å². The molecule has 1 unspecified atom stereocenters. The number of carbonyl (C=O) groups excluding carboxylic acids is 2. The van der Waals surface area contributed by atoms with Gasteiger partial charge in [0.1, 0.15) is 22.9 Å². The molecule has 4 heterocycles. The van der Waals surface area contributed by atoms with E-state index in [9.17, 15) is 9.59 Å². The molecule has 226 valence electrons. The number of carbonyl (C=O) groups is 2. The smallest absolute Gasteiger partial charge is 0.412 e. The largest absolute Gasteiger partial charge is 0.444 e. The van der Waals surface area contributed by atoms with Gasteiger partial charge in [-0.2, -0.15) is 4.80 Å². The molecule has 0 saturated carbocycles. The Morgan fingerprint density at radius 2 is 1.82 bits per heavy atom. The second-order valence-electron chi connectivity index (χ2n) is 11.9. The maximum absolute atomic E-state index is 13.5. The molecule has 0 aliphatic carbocycles. The van der Waals surface area contributed by atoms with E-state index in [-0.39, 0.29) is 17.9 Å². The van der Waals surface area contributed by atoms with Crippen LogP contribution in [0.4, 0.5) is 10.5 Å². The fraction of sp³-hybridized carbons (Fsp3) is 0.344. The Hall–Kier alpha value is -5.13. The second kappa shape index (κ2) is 11.9. The van der Waals surface area contributed by atoms with Gasteiger partial charge in [-0.05, 0) is 87.6 Å². The van der Waals surface area contributed by atoms with Crippen molar-refractivity contribution in [3.05, 3.63) is 83.9 Å². The van der Waals surface area contributed by atoms with Crippen LogP contribution in [-0.4, -0.2) is 65.8 Å². The summed E-state index contributed by atoms with van der Waals surface area (Å²) in [6.07, 6.45) is 2.61. The number of rotatable bonds is 6. The number of nitrogens with zero attached hydrogens (tertiary/aromatic N) is 7. The minimum atomic E-state index is -0.610. The first-order chi connectivity index (χ1) is 21.1. The Kier molecular flexibility index (Phi) is 7.81. The molecule has 1 N–H and O–H groups in total.